The van der Waals surface area contributed by atoms with Crippen molar-refractivity contribution in [3.05, 3.63) is 22.7 Å². The van der Waals surface area contributed by atoms with Crippen molar-refractivity contribution in [1.29, 1.82) is 0 Å². The molecule has 0 atom stereocenters. The molecular weight excluding hydrogens is 219 g/mol. The molecule has 0 saturated carbocycles. The van der Waals surface area contributed by atoms with E-state index in [1.54, 1.807) is 0 Å². The predicted octanol–water partition coefficient (Wildman–Crippen LogP) is 2.95. The molecule has 14 heavy (non-hydrogen) atoms. The summed E-state index contributed by atoms with van der Waals surface area (Å²) in [5.41, 5.74) is 4.25. The van der Waals surface area contributed by atoms with Gasteiger partial charge >= 0.3 is 6.18 Å². The number of halogens is 4. The Morgan fingerprint density at radius 2 is 1.93 bits per heavy atom. The van der Waals surface area contributed by atoms with Gasteiger partial charge in [-0.3, -0.25) is 0 Å². The van der Waals surface area contributed by atoms with Gasteiger partial charge in [0.15, 0.2) is 0 Å². The van der Waals surface area contributed by atoms with E-state index in [1.807, 2.05) is 0 Å². The molecule has 0 saturated heterocycles. The molecule has 1 aromatic rings. The normalized spacial score (nSPS) is 11.5. The summed E-state index contributed by atoms with van der Waals surface area (Å²) < 4.78 is 41.4. The summed E-state index contributed by atoms with van der Waals surface area (Å²) in [5, 5.41) is -0.0134. The number of ether oxygens (including phenoxy) is 1. The van der Waals surface area contributed by atoms with Crippen LogP contribution in [0.3, 0.4) is 0 Å². The molecule has 2 nitrogen and oxygen atoms in total. The summed E-state index contributed by atoms with van der Waals surface area (Å²) in [6.07, 6.45) is -4.45. The van der Waals surface area contributed by atoms with Crippen LogP contribution in [-0.2, 0) is 6.18 Å². The lowest BCUT2D eigenvalue weighted by Crippen LogP contribution is -2.06. The lowest BCUT2D eigenvalue weighted by molar-refractivity contribution is -0.137. The number of nitrogens with two attached hydrogens (primary N) is 1. The highest BCUT2D eigenvalue weighted by Gasteiger charge is 2.32. The largest absolute Gasteiger partial charge is 0.495 e. The van der Waals surface area contributed by atoms with Gasteiger partial charge in [0.25, 0.3) is 0 Å². The molecule has 2 N–H and O–H groups in total. The Hall–Kier alpha value is -1.10. The first-order chi connectivity index (χ1) is 6.36. The number of hydrogen-bond donors (Lipinski definition) is 1. The number of anilines is 1. The minimum absolute atomic E-state index is 0.0134. The topological polar surface area (TPSA) is 35.2 Å². The monoisotopic (exact) mass is 225 g/mol. The van der Waals surface area contributed by atoms with Gasteiger partial charge in [-0.25, -0.2) is 0 Å². The fourth-order valence-corrected chi connectivity index (χ4v) is 1.12. The van der Waals surface area contributed by atoms with E-state index in [0.29, 0.717) is 0 Å². The average molecular weight is 226 g/mol. The van der Waals surface area contributed by atoms with Crippen LogP contribution in [0.4, 0.5) is 18.9 Å². The van der Waals surface area contributed by atoms with Crippen molar-refractivity contribution in [2.45, 2.75) is 6.18 Å². The van der Waals surface area contributed by atoms with Crippen LogP contribution in [0.1, 0.15) is 5.56 Å². The van der Waals surface area contributed by atoms with Crippen molar-refractivity contribution >= 4 is 17.3 Å². The molecule has 0 amide bonds. The maximum absolute atomic E-state index is 12.3. The molecule has 0 heterocycles. The Morgan fingerprint density at radius 1 is 1.36 bits per heavy atom. The van der Waals surface area contributed by atoms with Crippen LogP contribution < -0.4 is 10.5 Å². The third kappa shape index (κ3) is 2.04. The molecule has 0 aliphatic carbocycles. The van der Waals surface area contributed by atoms with Crippen molar-refractivity contribution in [2.75, 3.05) is 12.8 Å². The highest BCUT2D eigenvalue weighted by atomic mass is 35.5. The Morgan fingerprint density at radius 3 is 2.36 bits per heavy atom. The number of rotatable bonds is 1. The molecule has 0 aliphatic heterocycles. The van der Waals surface area contributed by atoms with Crippen LogP contribution >= 0.6 is 11.6 Å². The van der Waals surface area contributed by atoms with Crippen molar-refractivity contribution in [3.8, 4) is 5.75 Å². The highest BCUT2D eigenvalue weighted by Crippen LogP contribution is 2.38. The lowest BCUT2D eigenvalue weighted by atomic mass is 10.2. The molecular formula is C8H7ClF3NO. The molecule has 1 rings (SSSR count). The van der Waals surface area contributed by atoms with Crippen molar-refractivity contribution in [1.82, 2.24) is 0 Å². The van der Waals surface area contributed by atoms with Gasteiger partial charge in [0.05, 0.1) is 18.4 Å². The predicted molar refractivity (Wildman–Crippen MR) is 47.4 cm³/mol. The SMILES string of the molecule is COc1cc(C(F)(F)F)cc(N)c1Cl. The summed E-state index contributed by atoms with van der Waals surface area (Å²) in [7, 11) is 1.22. The van der Waals surface area contributed by atoms with Crippen LogP contribution in [0.25, 0.3) is 0 Å². The fraction of sp³-hybridized carbons (Fsp3) is 0.250. The summed E-state index contributed by atoms with van der Waals surface area (Å²) in [5.74, 6) is -0.0843. The number of hydrogen-bond acceptors (Lipinski definition) is 2. The third-order valence-corrected chi connectivity index (χ3v) is 2.02. The first kappa shape index (κ1) is 11.0. The number of methoxy groups -OCH3 is 1. The van der Waals surface area contributed by atoms with E-state index >= 15 is 0 Å². The maximum Gasteiger partial charge on any atom is 0.416 e. The first-order valence-corrected chi connectivity index (χ1v) is 3.94. The maximum atomic E-state index is 12.3. The fourth-order valence-electron chi connectivity index (χ4n) is 0.932. The van der Waals surface area contributed by atoms with Gasteiger partial charge in [0, 0.05) is 0 Å². The quantitative estimate of drug-likeness (QED) is 0.746. The van der Waals surface area contributed by atoms with Crippen molar-refractivity contribution in [2.24, 2.45) is 0 Å². The van der Waals surface area contributed by atoms with E-state index in [4.69, 9.17) is 17.3 Å². The second-order valence-electron chi connectivity index (χ2n) is 2.58. The van der Waals surface area contributed by atoms with E-state index in [2.05, 4.69) is 4.74 Å². The molecule has 0 radical (unpaired) electrons. The van der Waals surface area contributed by atoms with Crippen LogP contribution in [0.5, 0.6) is 5.75 Å². The van der Waals surface area contributed by atoms with Crippen LogP contribution in [0, 0.1) is 0 Å². The van der Waals surface area contributed by atoms with Crippen LogP contribution in [0.2, 0.25) is 5.02 Å². The molecule has 0 spiro atoms. The molecule has 78 valence electrons. The van der Waals surface area contributed by atoms with Crippen LogP contribution in [0.15, 0.2) is 12.1 Å². The van der Waals surface area contributed by atoms with E-state index in [9.17, 15) is 13.2 Å². The zero-order chi connectivity index (χ0) is 10.9. The van der Waals surface area contributed by atoms with Gasteiger partial charge in [0.1, 0.15) is 10.8 Å². The second-order valence-corrected chi connectivity index (χ2v) is 2.96. The number of benzene rings is 1. The van der Waals surface area contributed by atoms with Gasteiger partial charge < -0.3 is 10.5 Å². The minimum Gasteiger partial charge on any atom is -0.495 e. The molecule has 6 heteroatoms. The van der Waals surface area contributed by atoms with Crippen molar-refractivity contribution < 1.29 is 17.9 Å². The zero-order valence-corrected chi connectivity index (χ0v) is 7.91. The van der Waals surface area contributed by atoms with Gasteiger partial charge in [-0.05, 0) is 12.1 Å². The summed E-state index contributed by atoms with van der Waals surface area (Å²) in [6.45, 7) is 0. The van der Waals surface area contributed by atoms with E-state index in [0.717, 1.165) is 12.1 Å². The average Bonchev–Trinajstić information content (AvgIpc) is 2.07. The number of alkyl halides is 3. The Balaban J connectivity index is 3.30. The highest BCUT2D eigenvalue weighted by molar-refractivity contribution is 6.34. The van der Waals surface area contributed by atoms with E-state index in [-0.39, 0.29) is 16.5 Å². The third-order valence-electron chi connectivity index (χ3n) is 1.61. The zero-order valence-electron chi connectivity index (χ0n) is 7.15. The molecule has 0 bridgehead atoms. The summed E-state index contributed by atoms with van der Waals surface area (Å²) in [6, 6.07) is 1.57. The van der Waals surface area contributed by atoms with E-state index < -0.39 is 11.7 Å². The van der Waals surface area contributed by atoms with Crippen molar-refractivity contribution in [3.63, 3.8) is 0 Å². The number of nitrogen functional groups attached to an aromatic ring is 1. The Labute approximate surface area is 83.4 Å². The lowest BCUT2D eigenvalue weighted by Gasteiger charge is -2.11. The smallest absolute Gasteiger partial charge is 0.416 e. The van der Waals surface area contributed by atoms with E-state index in [1.165, 1.54) is 7.11 Å². The summed E-state index contributed by atoms with van der Waals surface area (Å²) >= 11 is 5.60. The molecule has 0 unspecified atom stereocenters. The standard InChI is InChI=1S/C8H7ClF3NO/c1-14-6-3-4(8(10,11)12)2-5(13)7(6)9/h2-3H,13H2,1H3. The van der Waals surface area contributed by atoms with Gasteiger partial charge in [-0.1, -0.05) is 11.6 Å². The van der Waals surface area contributed by atoms with Gasteiger partial charge in [-0.2, -0.15) is 13.2 Å². The second kappa shape index (κ2) is 3.57. The molecule has 1 aromatic carbocycles. The van der Waals surface area contributed by atoms with Gasteiger partial charge in [0.2, 0.25) is 0 Å². The minimum atomic E-state index is -4.45. The molecule has 0 aliphatic rings. The molecule has 0 aromatic heterocycles. The van der Waals surface area contributed by atoms with Crippen LogP contribution in [-0.4, -0.2) is 7.11 Å². The Kier molecular flexibility index (Phi) is 2.80. The Bertz CT molecular complexity index is 351. The van der Waals surface area contributed by atoms with Gasteiger partial charge in [-0.15, -0.1) is 0 Å². The summed E-state index contributed by atoms with van der Waals surface area (Å²) in [4.78, 5) is 0. The molecule has 0 fully saturated rings. The first-order valence-electron chi connectivity index (χ1n) is 3.56.